The van der Waals surface area contributed by atoms with E-state index in [0.717, 1.165) is 22.2 Å². The van der Waals surface area contributed by atoms with Gasteiger partial charge in [-0.1, -0.05) is 13.3 Å². The van der Waals surface area contributed by atoms with Crippen molar-refractivity contribution >= 4 is 39.0 Å². The molecule has 1 amide bonds. The number of halogens is 1. The largest absolute Gasteiger partial charge is 0.292 e. The van der Waals surface area contributed by atoms with Crippen LogP contribution in [0.15, 0.2) is 9.85 Å². The van der Waals surface area contributed by atoms with Crippen LogP contribution in [0, 0.1) is 5.41 Å². The van der Waals surface area contributed by atoms with E-state index < -0.39 is 0 Å². The summed E-state index contributed by atoms with van der Waals surface area (Å²) in [5.74, 6) is 0.338. The molecule has 2 rings (SSSR count). The van der Waals surface area contributed by atoms with Crippen LogP contribution in [0.5, 0.6) is 0 Å². The van der Waals surface area contributed by atoms with Crippen LogP contribution in [0.3, 0.4) is 0 Å². The van der Waals surface area contributed by atoms with Gasteiger partial charge >= 0.3 is 0 Å². The third-order valence-electron chi connectivity index (χ3n) is 2.40. The molecular formula is C10H11BrN2OS. The zero-order valence-electron chi connectivity index (χ0n) is 8.34. The first-order valence-corrected chi connectivity index (χ1v) is 6.46. The average Bonchev–Trinajstić information content (AvgIpc) is 2.67. The van der Waals surface area contributed by atoms with Gasteiger partial charge in [-0.2, -0.15) is 0 Å². The van der Waals surface area contributed by atoms with Crippen molar-refractivity contribution in [3.63, 3.8) is 0 Å². The number of nitrogens with zero attached hydrogens (tertiary/aromatic N) is 1. The fraction of sp³-hybridized carbons (Fsp3) is 0.400. The first kappa shape index (κ1) is 10.8. The lowest BCUT2D eigenvalue weighted by atomic mass is 10.3. The van der Waals surface area contributed by atoms with Crippen molar-refractivity contribution in [1.82, 2.24) is 4.90 Å². The number of amides is 1. The summed E-state index contributed by atoms with van der Waals surface area (Å²) in [5, 5.41) is 7.90. The Bertz CT molecular complexity index is 394. The fourth-order valence-electron chi connectivity index (χ4n) is 1.59. The number of hydrogen-bond donors (Lipinski definition) is 1. The average molecular weight is 287 g/mol. The van der Waals surface area contributed by atoms with Crippen molar-refractivity contribution in [2.24, 2.45) is 0 Å². The number of hydrogen-bond acceptors (Lipinski definition) is 3. The highest BCUT2D eigenvalue weighted by molar-refractivity contribution is 9.11. The molecule has 1 aromatic rings. The number of carbonyl (C=O) groups is 1. The van der Waals surface area contributed by atoms with Crippen molar-refractivity contribution in [2.45, 2.75) is 19.8 Å². The van der Waals surface area contributed by atoms with Crippen molar-refractivity contribution in [3.05, 3.63) is 20.3 Å². The van der Waals surface area contributed by atoms with Gasteiger partial charge in [-0.3, -0.25) is 15.1 Å². The molecule has 0 fully saturated rings. The van der Waals surface area contributed by atoms with Crippen LogP contribution in [-0.2, 0) is 0 Å². The van der Waals surface area contributed by atoms with Gasteiger partial charge in [0.2, 0.25) is 0 Å². The smallest absolute Gasteiger partial charge is 0.270 e. The molecule has 80 valence electrons. The van der Waals surface area contributed by atoms with Gasteiger partial charge in [0.15, 0.2) is 0 Å². The molecule has 1 N–H and O–H groups in total. The van der Waals surface area contributed by atoms with Crippen LogP contribution in [-0.4, -0.2) is 23.2 Å². The fourth-order valence-corrected chi connectivity index (χ4v) is 3.14. The quantitative estimate of drug-likeness (QED) is 0.912. The second-order valence-electron chi connectivity index (χ2n) is 3.45. The number of nitrogens with one attached hydrogen (secondary N) is 1. The molecule has 0 unspecified atom stereocenters. The molecule has 0 bridgehead atoms. The van der Waals surface area contributed by atoms with Gasteiger partial charge in [-0.05, 0) is 28.4 Å². The summed E-state index contributed by atoms with van der Waals surface area (Å²) < 4.78 is 0.917. The Balaban J connectivity index is 2.26. The minimum absolute atomic E-state index is 0.0147. The van der Waals surface area contributed by atoms with Crippen LogP contribution in [0.2, 0.25) is 0 Å². The van der Waals surface area contributed by atoms with E-state index in [9.17, 15) is 4.79 Å². The molecule has 0 spiro atoms. The van der Waals surface area contributed by atoms with Crippen LogP contribution < -0.4 is 0 Å². The highest BCUT2D eigenvalue weighted by Crippen LogP contribution is 2.33. The van der Waals surface area contributed by atoms with Gasteiger partial charge in [-0.25, -0.2) is 0 Å². The zero-order valence-corrected chi connectivity index (χ0v) is 10.7. The number of fused-ring (bicyclic) bond motifs is 1. The van der Waals surface area contributed by atoms with E-state index in [4.69, 9.17) is 5.41 Å². The molecule has 0 saturated carbocycles. The molecule has 5 heteroatoms. The highest BCUT2D eigenvalue weighted by Gasteiger charge is 2.34. The standard InChI is InChI=1S/C10H11BrN2OS/c1-2-3-4-13-9(12)6-5-7(11)15-8(6)10(13)14/h5,12H,2-4H2,1H3. The SMILES string of the molecule is CCCCN1C(=N)c2cc(Br)sc2C1=O. The maximum absolute atomic E-state index is 11.9. The van der Waals surface area contributed by atoms with Crippen LogP contribution in [0.25, 0.3) is 0 Å². The number of amidine groups is 1. The molecule has 3 nitrogen and oxygen atoms in total. The maximum Gasteiger partial charge on any atom is 0.270 e. The second-order valence-corrected chi connectivity index (χ2v) is 5.88. The van der Waals surface area contributed by atoms with Crippen LogP contribution >= 0.6 is 27.3 Å². The predicted octanol–water partition coefficient (Wildman–Crippen LogP) is 3.09. The van der Waals surface area contributed by atoms with E-state index in [1.165, 1.54) is 11.3 Å². The summed E-state index contributed by atoms with van der Waals surface area (Å²) in [6.45, 7) is 2.74. The lowest BCUT2D eigenvalue weighted by molar-refractivity contribution is 0.0862. The van der Waals surface area contributed by atoms with E-state index in [2.05, 4.69) is 22.9 Å². The zero-order chi connectivity index (χ0) is 11.0. The van der Waals surface area contributed by atoms with Gasteiger partial charge in [0.25, 0.3) is 5.91 Å². The summed E-state index contributed by atoms with van der Waals surface area (Å²) in [4.78, 5) is 14.2. The van der Waals surface area contributed by atoms with Gasteiger partial charge in [0.05, 0.1) is 3.79 Å². The lowest BCUT2D eigenvalue weighted by Gasteiger charge is -2.15. The number of rotatable bonds is 3. The minimum Gasteiger partial charge on any atom is -0.292 e. The molecule has 2 heterocycles. The highest BCUT2D eigenvalue weighted by atomic mass is 79.9. The summed E-state index contributed by atoms with van der Waals surface area (Å²) in [7, 11) is 0. The van der Waals surface area contributed by atoms with Crippen LogP contribution in [0.4, 0.5) is 0 Å². The summed E-state index contributed by atoms with van der Waals surface area (Å²) >= 11 is 4.75. The number of thiophene rings is 1. The van der Waals surface area contributed by atoms with Crippen molar-refractivity contribution in [1.29, 1.82) is 5.41 Å². The van der Waals surface area contributed by atoms with E-state index >= 15 is 0 Å². The van der Waals surface area contributed by atoms with Crippen molar-refractivity contribution in [2.75, 3.05) is 6.54 Å². The van der Waals surface area contributed by atoms with Gasteiger partial charge in [0.1, 0.15) is 10.7 Å². The van der Waals surface area contributed by atoms with Gasteiger partial charge < -0.3 is 0 Å². The Labute approximate surface area is 101 Å². The first-order valence-electron chi connectivity index (χ1n) is 4.85. The Kier molecular flexibility index (Phi) is 2.93. The lowest BCUT2D eigenvalue weighted by Crippen LogP contribution is -2.30. The molecule has 0 atom stereocenters. The summed E-state index contributed by atoms with van der Waals surface area (Å²) in [6, 6.07) is 1.85. The minimum atomic E-state index is -0.0147. The molecule has 1 aliphatic heterocycles. The maximum atomic E-state index is 11.9. The number of carbonyl (C=O) groups excluding carboxylic acids is 1. The van der Waals surface area contributed by atoms with E-state index in [1.807, 2.05) is 6.07 Å². The van der Waals surface area contributed by atoms with Crippen LogP contribution in [0.1, 0.15) is 35.0 Å². The molecule has 0 saturated heterocycles. The van der Waals surface area contributed by atoms with E-state index in [-0.39, 0.29) is 5.91 Å². The third-order valence-corrected chi connectivity index (χ3v) is 4.03. The van der Waals surface area contributed by atoms with E-state index in [0.29, 0.717) is 17.3 Å². The van der Waals surface area contributed by atoms with Gasteiger partial charge in [-0.15, -0.1) is 11.3 Å². The third kappa shape index (κ3) is 1.74. The van der Waals surface area contributed by atoms with Crippen molar-refractivity contribution in [3.8, 4) is 0 Å². The molecule has 15 heavy (non-hydrogen) atoms. The van der Waals surface area contributed by atoms with E-state index in [1.54, 1.807) is 4.90 Å². The first-order chi connectivity index (χ1) is 7.15. The monoisotopic (exact) mass is 286 g/mol. The molecule has 0 radical (unpaired) electrons. The molecular weight excluding hydrogens is 276 g/mol. The van der Waals surface area contributed by atoms with Gasteiger partial charge in [0, 0.05) is 12.1 Å². The Hall–Kier alpha value is -0.680. The summed E-state index contributed by atoms with van der Waals surface area (Å²) in [5.41, 5.74) is 0.771. The van der Waals surface area contributed by atoms with Crippen molar-refractivity contribution < 1.29 is 4.79 Å². The molecule has 0 aromatic carbocycles. The Morgan fingerprint density at radius 2 is 2.33 bits per heavy atom. The molecule has 1 aliphatic rings. The Morgan fingerprint density at radius 1 is 1.60 bits per heavy atom. The topological polar surface area (TPSA) is 44.2 Å². The molecule has 1 aromatic heterocycles. The Morgan fingerprint density at radius 3 is 2.93 bits per heavy atom. The summed E-state index contributed by atoms with van der Waals surface area (Å²) in [6.07, 6.45) is 1.98. The number of unbranched alkanes of at least 4 members (excludes halogenated alkanes) is 1. The normalized spacial score (nSPS) is 14.9. The predicted molar refractivity (Wildman–Crippen MR) is 64.8 cm³/mol. The second kappa shape index (κ2) is 4.06. The molecule has 0 aliphatic carbocycles.